The number of ether oxygens (including phenoxy) is 2. The Morgan fingerprint density at radius 3 is 2.56 bits per heavy atom. The van der Waals surface area contributed by atoms with Crippen molar-refractivity contribution in [1.29, 1.82) is 0 Å². The lowest BCUT2D eigenvalue weighted by atomic mass is 9.94. The Kier molecular flexibility index (Phi) is 4.88. The molecule has 1 fully saturated rings. The third-order valence-corrected chi connectivity index (χ3v) is 7.10. The van der Waals surface area contributed by atoms with E-state index in [1.54, 1.807) is 18.3 Å². The van der Waals surface area contributed by atoms with Crippen LogP contribution in [0.5, 0.6) is 11.5 Å². The van der Waals surface area contributed by atoms with Crippen LogP contribution in [0.15, 0.2) is 73.1 Å². The van der Waals surface area contributed by atoms with E-state index in [-0.39, 0.29) is 18.5 Å². The molecule has 2 aromatic heterocycles. The van der Waals surface area contributed by atoms with Crippen LogP contribution in [0.3, 0.4) is 0 Å². The van der Waals surface area contributed by atoms with Crippen molar-refractivity contribution < 1.29 is 19.1 Å². The maximum absolute atomic E-state index is 13.4. The number of nitrogens with one attached hydrogen (secondary N) is 1. The fourth-order valence-corrected chi connectivity index (χ4v) is 5.07. The molecule has 1 amide bonds. The van der Waals surface area contributed by atoms with Gasteiger partial charge in [0.1, 0.15) is 4.88 Å². The first-order chi connectivity index (χ1) is 16.6. The smallest absolute Gasteiger partial charge is 0.236 e. The van der Waals surface area contributed by atoms with Gasteiger partial charge in [0.2, 0.25) is 18.5 Å². The van der Waals surface area contributed by atoms with Gasteiger partial charge in [0.05, 0.1) is 11.1 Å². The number of hydrogen-bond donors (Lipinski definition) is 1. The van der Waals surface area contributed by atoms with Crippen LogP contribution in [-0.4, -0.2) is 28.5 Å². The quantitative estimate of drug-likeness (QED) is 0.407. The average Bonchev–Trinajstić information content (AvgIpc) is 3.38. The number of amides is 1. The summed E-state index contributed by atoms with van der Waals surface area (Å²) >= 11 is 1.18. The first kappa shape index (κ1) is 20.6. The molecular weight excluding hydrogens is 450 g/mol. The van der Waals surface area contributed by atoms with Crippen LogP contribution in [0.1, 0.15) is 33.6 Å². The number of carbonyl (C=O) groups excluding carboxylic acids is 2. The number of benzene rings is 2. The molecule has 1 aliphatic carbocycles. The summed E-state index contributed by atoms with van der Waals surface area (Å²) in [7, 11) is 0. The lowest BCUT2D eigenvalue weighted by molar-refractivity contribution is -0.118. The van der Waals surface area contributed by atoms with E-state index in [9.17, 15) is 9.59 Å². The Hall–Kier alpha value is -4.04. The molecule has 2 aliphatic rings. The van der Waals surface area contributed by atoms with Gasteiger partial charge in [-0.1, -0.05) is 47.7 Å². The van der Waals surface area contributed by atoms with Gasteiger partial charge in [-0.2, -0.15) is 0 Å². The van der Waals surface area contributed by atoms with E-state index >= 15 is 0 Å². The summed E-state index contributed by atoms with van der Waals surface area (Å²) in [6.07, 6.45) is 4.63. The van der Waals surface area contributed by atoms with E-state index in [1.165, 1.54) is 17.5 Å². The lowest BCUT2D eigenvalue weighted by Crippen LogP contribution is -2.27. The highest BCUT2D eigenvalue weighted by molar-refractivity contribution is 7.18. The minimum atomic E-state index is -0.632. The zero-order valence-electron chi connectivity index (χ0n) is 18.0. The lowest BCUT2D eigenvalue weighted by Gasteiger charge is -2.15. The van der Waals surface area contributed by atoms with Gasteiger partial charge < -0.3 is 14.8 Å². The molecule has 0 unspecified atom stereocenters. The van der Waals surface area contributed by atoms with Gasteiger partial charge in [-0.25, -0.2) is 4.98 Å². The van der Waals surface area contributed by atoms with Crippen LogP contribution in [0.4, 0.5) is 5.13 Å². The molecule has 4 aromatic rings. The second-order valence-corrected chi connectivity index (χ2v) is 9.24. The van der Waals surface area contributed by atoms with E-state index in [0.717, 1.165) is 24.0 Å². The molecule has 7 nitrogen and oxygen atoms in total. The predicted molar refractivity (Wildman–Crippen MR) is 127 cm³/mol. The summed E-state index contributed by atoms with van der Waals surface area (Å²) in [5.41, 5.74) is 2.08. The first-order valence-electron chi connectivity index (χ1n) is 10.9. The molecule has 8 heteroatoms. The van der Waals surface area contributed by atoms with Crippen molar-refractivity contribution in [2.75, 3.05) is 12.1 Å². The maximum Gasteiger partial charge on any atom is 0.236 e. The van der Waals surface area contributed by atoms with Crippen LogP contribution >= 0.6 is 11.3 Å². The van der Waals surface area contributed by atoms with E-state index < -0.39 is 5.41 Å². The largest absolute Gasteiger partial charge is 0.454 e. The van der Waals surface area contributed by atoms with Crippen LogP contribution in [0.25, 0.3) is 11.3 Å². The molecule has 1 saturated carbocycles. The number of aromatic nitrogens is 2. The van der Waals surface area contributed by atoms with E-state index in [1.807, 2.05) is 48.5 Å². The molecule has 2 aromatic carbocycles. The second kappa shape index (κ2) is 8.07. The highest BCUT2D eigenvalue weighted by Crippen LogP contribution is 2.51. The van der Waals surface area contributed by atoms with Crippen molar-refractivity contribution in [3.05, 3.63) is 89.1 Å². The molecule has 168 valence electrons. The Labute approximate surface area is 199 Å². The number of ketones is 1. The van der Waals surface area contributed by atoms with Crippen molar-refractivity contribution in [3.8, 4) is 22.8 Å². The Morgan fingerprint density at radius 2 is 1.79 bits per heavy atom. The van der Waals surface area contributed by atoms with Gasteiger partial charge in [0.25, 0.3) is 0 Å². The molecule has 0 spiro atoms. The summed E-state index contributed by atoms with van der Waals surface area (Å²) in [6.45, 7) is 0.188. The van der Waals surface area contributed by atoms with E-state index in [2.05, 4.69) is 15.3 Å². The maximum atomic E-state index is 13.4. The summed E-state index contributed by atoms with van der Waals surface area (Å²) in [5.74, 6) is 1.02. The fraction of sp³-hybridized carbons (Fsp3) is 0.154. The molecule has 34 heavy (non-hydrogen) atoms. The first-order valence-corrected chi connectivity index (χ1v) is 11.7. The normalized spacial score (nSPS) is 15.1. The summed E-state index contributed by atoms with van der Waals surface area (Å²) < 4.78 is 10.9. The van der Waals surface area contributed by atoms with Crippen molar-refractivity contribution in [1.82, 2.24) is 9.97 Å². The molecule has 1 N–H and O–H groups in total. The number of thiazole rings is 1. The zero-order valence-corrected chi connectivity index (χ0v) is 18.8. The minimum absolute atomic E-state index is 0.139. The number of pyridine rings is 1. The van der Waals surface area contributed by atoms with Crippen molar-refractivity contribution in [2.45, 2.75) is 18.3 Å². The minimum Gasteiger partial charge on any atom is -0.454 e. The third-order valence-electron chi connectivity index (χ3n) is 6.13. The molecule has 6 rings (SSSR count). The van der Waals surface area contributed by atoms with Crippen molar-refractivity contribution in [3.63, 3.8) is 0 Å². The standard InChI is InChI=1S/C26H19N3O4S/c30-22(17-7-4-12-27-14-17)23-21(16-5-2-1-3-6-16)28-25(34-23)29-24(31)26(10-11-26)18-8-9-19-20(13-18)33-15-32-19/h1-9,12-14H,10-11,15H2,(H,28,29,31). The monoisotopic (exact) mass is 469 g/mol. The molecule has 3 heterocycles. The average molecular weight is 470 g/mol. The zero-order chi connectivity index (χ0) is 23.1. The highest BCUT2D eigenvalue weighted by Gasteiger charge is 2.52. The topological polar surface area (TPSA) is 90.4 Å². The van der Waals surface area contributed by atoms with Gasteiger partial charge >= 0.3 is 0 Å². The van der Waals surface area contributed by atoms with Crippen LogP contribution < -0.4 is 14.8 Å². The summed E-state index contributed by atoms with van der Waals surface area (Å²) in [4.78, 5) is 35.8. The molecule has 0 saturated heterocycles. The summed E-state index contributed by atoms with van der Waals surface area (Å²) in [5, 5.41) is 3.37. The van der Waals surface area contributed by atoms with Gasteiger partial charge in [-0.3, -0.25) is 14.6 Å². The van der Waals surface area contributed by atoms with Gasteiger partial charge in [-0.05, 0) is 42.7 Å². The van der Waals surface area contributed by atoms with E-state index in [4.69, 9.17) is 9.47 Å². The van der Waals surface area contributed by atoms with Gasteiger partial charge in [0, 0.05) is 23.5 Å². The molecule has 0 atom stereocenters. The Morgan fingerprint density at radius 1 is 0.971 bits per heavy atom. The van der Waals surface area contributed by atoms with E-state index in [0.29, 0.717) is 32.8 Å². The van der Waals surface area contributed by atoms with Crippen LogP contribution in [-0.2, 0) is 10.2 Å². The molecular formula is C26H19N3O4S. The fourth-order valence-electron chi connectivity index (χ4n) is 4.13. The van der Waals surface area contributed by atoms with Crippen LogP contribution in [0, 0.1) is 0 Å². The number of hydrogen-bond acceptors (Lipinski definition) is 7. The number of carbonyl (C=O) groups is 2. The predicted octanol–water partition coefficient (Wildman–Crippen LogP) is 4.84. The van der Waals surface area contributed by atoms with Gasteiger partial charge in [-0.15, -0.1) is 0 Å². The van der Waals surface area contributed by atoms with Crippen molar-refractivity contribution in [2.24, 2.45) is 0 Å². The second-order valence-electron chi connectivity index (χ2n) is 8.24. The Bertz CT molecular complexity index is 1400. The molecule has 1 aliphatic heterocycles. The van der Waals surface area contributed by atoms with Gasteiger partial charge in [0.15, 0.2) is 16.6 Å². The Balaban J connectivity index is 1.33. The SMILES string of the molecule is O=C(c1cccnc1)c1sc(NC(=O)C2(c3ccc4c(c3)OCO4)CC2)nc1-c1ccccc1. The number of rotatable bonds is 6. The number of nitrogens with zero attached hydrogens (tertiary/aromatic N) is 2. The number of fused-ring (bicyclic) bond motifs is 1. The molecule has 0 radical (unpaired) electrons. The summed E-state index contributed by atoms with van der Waals surface area (Å²) in [6, 6.07) is 18.6. The highest BCUT2D eigenvalue weighted by atomic mass is 32.1. The van der Waals surface area contributed by atoms with Crippen molar-refractivity contribution >= 4 is 28.2 Å². The number of anilines is 1. The third kappa shape index (κ3) is 3.52. The van der Waals surface area contributed by atoms with Crippen LogP contribution in [0.2, 0.25) is 0 Å². The molecule has 0 bridgehead atoms.